The molecular formula is C20H21F3N2O3. The van der Waals surface area contributed by atoms with E-state index < -0.39 is 12.8 Å². The van der Waals surface area contributed by atoms with Crippen LogP contribution >= 0.6 is 0 Å². The highest BCUT2D eigenvalue weighted by atomic mass is 19.4. The van der Waals surface area contributed by atoms with E-state index in [1.54, 1.807) is 13.0 Å². The van der Waals surface area contributed by atoms with E-state index in [2.05, 4.69) is 15.0 Å². The molecule has 1 heterocycles. The van der Waals surface area contributed by atoms with Gasteiger partial charge in [0.25, 0.3) is 0 Å². The molecule has 2 unspecified atom stereocenters. The second-order valence-electron chi connectivity index (χ2n) is 6.78. The first-order chi connectivity index (χ1) is 13.3. The number of aromatic nitrogens is 1. The zero-order valence-electron chi connectivity index (χ0n) is 15.3. The van der Waals surface area contributed by atoms with E-state index in [-0.39, 0.29) is 29.5 Å². The molecule has 1 N–H and O–H groups in total. The van der Waals surface area contributed by atoms with E-state index in [0.29, 0.717) is 12.3 Å². The average molecular weight is 394 g/mol. The highest BCUT2D eigenvalue weighted by molar-refractivity contribution is 5.81. The third-order valence-electron chi connectivity index (χ3n) is 4.43. The molecule has 150 valence electrons. The molecular weight excluding hydrogens is 373 g/mol. The number of rotatable bonds is 8. The van der Waals surface area contributed by atoms with Crippen molar-refractivity contribution in [2.45, 2.75) is 25.6 Å². The first-order valence-electron chi connectivity index (χ1n) is 8.95. The highest BCUT2D eigenvalue weighted by Crippen LogP contribution is 2.39. The number of hydrogen-bond donors (Lipinski definition) is 1. The largest absolute Gasteiger partial charge is 0.493 e. The fraction of sp³-hybridized carbons (Fsp3) is 0.400. The highest BCUT2D eigenvalue weighted by Gasteiger charge is 2.43. The normalized spacial score (nSPS) is 19.6. The summed E-state index contributed by atoms with van der Waals surface area (Å²) in [5.41, 5.74) is 0.547. The minimum Gasteiger partial charge on any atom is -0.493 e. The Labute approximate surface area is 160 Å². The van der Waals surface area contributed by atoms with Crippen LogP contribution in [0.1, 0.15) is 25.1 Å². The molecule has 1 aliphatic carbocycles. The van der Waals surface area contributed by atoms with E-state index in [1.807, 2.05) is 30.3 Å². The van der Waals surface area contributed by atoms with Gasteiger partial charge in [0.05, 0.1) is 24.5 Å². The van der Waals surface area contributed by atoms with Crippen LogP contribution in [0.2, 0.25) is 0 Å². The minimum atomic E-state index is -4.40. The summed E-state index contributed by atoms with van der Waals surface area (Å²) in [6, 6.07) is 12.0. The molecule has 5 nitrogen and oxygen atoms in total. The van der Waals surface area contributed by atoms with Crippen LogP contribution in [-0.4, -0.2) is 30.3 Å². The predicted molar refractivity (Wildman–Crippen MR) is 95.9 cm³/mol. The Kier molecular flexibility index (Phi) is 6.06. The maximum absolute atomic E-state index is 12.3. The number of carbonyl (C=O) groups is 1. The van der Waals surface area contributed by atoms with Gasteiger partial charge in [0.1, 0.15) is 11.5 Å². The lowest BCUT2D eigenvalue weighted by Crippen LogP contribution is -2.29. The summed E-state index contributed by atoms with van der Waals surface area (Å²) in [5.74, 6) is 0.811. The first kappa shape index (κ1) is 20.0. The zero-order chi connectivity index (χ0) is 20.1. The molecule has 0 spiro atoms. The van der Waals surface area contributed by atoms with Crippen molar-refractivity contribution in [3.63, 3.8) is 0 Å². The first-order valence-corrected chi connectivity index (χ1v) is 8.95. The predicted octanol–water partition coefficient (Wildman–Crippen LogP) is 3.92. The lowest BCUT2D eigenvalue weighted by atomic mass is 10.2. The van der Waals surface area contributed by atoms with E-state index >= 15 is 0 Å². The van der Waals surface area contributed by atoms with Crippen molar-refractivity contribution < 1.29 is 27.4 Å². The van der Waals surface area contributed by atoms with Crippen molar-refractivity contribution in [1.82, 2.24) is 10.3 Å². The molecule has 3 atom stereocenters. The number of ether oxygens (including phenoxy) is 2. The van der Waals surface area contributed by atoms with Gasteiger partial charge in [-0.15, -0.1) is 0 Å². The van der Waals surface area contributed by atoms with Crippen molar-refractivity contribution in [2.24, 2.45) is 11.8 Å². The Balaban J connectivity index is 1.43. The van der Waals surface area contributed by atoms with Gasteiger partial charge >= 0.3 is 6.18 Å². The van der Waals surface area contributed by atoms with Crippen LogP contribution in [0.25, 0.3) is 0 Å². The van der Waals surface area contributed by atoms with Crippen molar-refractivity contribution in [3.8, 4) is 11.5 Å². The summed E-state index contributed by atoms with van der Waals surface area (Å²) < 4.78 is 46.8. The molecule has 0 aliphatic heterocycles. The second-order valence-corrected chi connectivity index (χ2v) is 6.78. The molecule has 1 saturated carbocycles. The monoisotopic (exact) mass is 394 g/mol. The van der Waals surface area contributed by atoms with Gasteiger partial charge in [-0.1, -0.05) is 18.2 Å². The smallest absolute Gasteiger partial charge is 0.422 e. The number of benzene rings is 1. The van der Waals surface area contributed by atoms with Crippen molar-refractivity contribution in [2.75, 3.05) is 13.2 Å². The summed E-state index contributed by atoms with van der Waals surface area (Å²) in [6.07, 6.45) is -2.41. The maximum atomic E-state index is 12.3. The molecule has 0 saturated heterocycles. The molecule has 1 amide bonds. The number of hydrogen-bond acceptors (Lipinski definition) is 4. The Morgan fingerprint density at radius 3 is 2.57 bits per heavy atom. The summed E-state index contributed by atoms with van der Waals surface area (Å²) in [4.78, 5) is 16.4. The summed E-state index contributed by atoms with van der Waals surface area (Å²) in [7, 11) is 0. The molecule has 28 heavy (non-hydrogen) atoms. The van der Waals surface area contributed by atoms with Gasteiger partial charge in [0.15, 0.2) is 6.61 Å². The lowest BCUT2D eigenvalue weighted by molar-refractivity contribution is -0.153. The van der Waals surface area contributed by atoms with Gasteiger partial charge in [-0.3, -0.25) is 9.78 Å². The van der Waals surface area contributed by atoms with E-state index in [0.717, 1.165) is 12.2 Å². The van der Waals surface area contributed by atoms with Crippen LogP contribution in [0.15, 0.2) is 48.7 Å². The molecule has 1 aromatic heterocycles. The maximum Gasteiger partial charge on any atom is 0.422 e. The topological polar surface area (TPSA) is 60.5 Å². The number of carbonyl (C=O) groups excluding carboxylic acids is 1. The summed E-state index contributed by atoms with van der Waals surface area (Å²) >= 11 is 0. The Morgan fingerprint density at radius 1 is 1.18 bits per heavy atom. The standard InChI is InChI=1S/C20H21F3N2O3/c1-13(18-8-7-16(10-24-18)28-12-20(21,22)23)25-19(26)17-9-14(17)11-27-15-5-3-2-4-6-15/h2-8,10,13-14,17H,9,11-12H2,1H3,(H,25,26)/t13-,14?,17?/m1/s1. The number of nitrogens with one attached hydrogen (secondary N) is 1. The van der Waals surface area contributed by atoms with Crippen LogP contribution < -0.4 is 14.8 Å². The molecule has 8 heteroatoms. The fourth-order valence-electron chi connectivity index (χ4n) is 2.77. The lowest BCUT2D eigenvalue weighted by Gasteiger charge is -2.14. The van der Waals surface area contributed by atoms with Gasteiger partial charge in [-0.25, -0.2) is 0 Å². The van der Waals surface area contributed by atoms with Gasteiger partial charge in [0, 0.05) is 11.8 Å². The summed E-state index contributed by atoms with van der Waals surface area (Å²) in [5, 5.41) is 2.88. The number of pyridine rings is 1. The zero-order valence-corrected chi connectivity index (χ0v) is 15.3. The quantitative estimate of drug-likeness (QED) is 0.737. The van der Waals surface area contributed by atoms with E-state index in [4.69, 9.17) is 4.74 Å². The van der Waals surface area contributed by atoms with E-state index in [1.165, 1.54) is 12.3 Å². The minimum absolute atomic E-state index is 0.0277. The molecule has 1 aliphatic rings. The Bertz CT molecular complexity index is 782. The van der Waals surface area contributed by atoms with Crippen molar-refractivity contribution >= 4 is 5.91 Å². The Morgan fingerprint density at radius 2 is 1.93 bits per heavy atom. The van der Waals surface area contributed by atoms with E-state index in [9.17, 15) is 18.0 Å². The molecule has 0 radical (unpaired) electrons. The number of halogens is 3. The van der Waals surface area contributed by atoms with Gasteiger partial charge in [-0.05, 0) is 37.6 Å². The second kappa shape index (κ2) is 8.50. The summed E-state index contributed by atoms with van der Waals surface area (Å²) in [6.45, 7) is 0.892. The van der Waals surface area contributed by atoms with Gasteiger partial charge in [0.2, 0.25) is 5.91 Å². The van der Waals surface area contributed by atoms with Crippen LogP contribution in [0.3, 0.4) is 0 Å². The molecule has 2 aromatic rings. The van der Waals surface area contributed by atoms with Crippen molar-refractivity contribution in [3.05, 3.63) is 54.4 Å². The number of amides is 1. The third kappa shape index (κ3) is 5.87. The van der Waals surface area contributed by atoms with Gasteiger partial charge in [-0.2, -0.15) is 13.2 Å². The molecule has 1 aromatic carbocycles. The number of alkyl halides is 3. The number of nitrogens with zero attached hydrogens (tertiary/aromatic N) is 1. The van der Waals surface area contributed by atoms with Crippen LogP contribution in [-0.2, 0) is 4.79 Å². The Hall–Kier alpha value is -2.77. The molecule has 0 bridgehead atoms. The number of para-hydroxylation sites is 1. The van der Waals surface area contributed by atoms with Crippen LogP contribution in [0.4, 0.5) is 13.2 Å². The fourth-order valence-corrected chi connectivity index (χ4v) is 2.77. The van der Waals surface area contributed by atoms with Crippen molar-refractivity contribution in [1.29, 1.82) is 0 Å². The molecule has 3 rings (SSSR count). The third-order valence-corrected chi connectivity index (χ3v) is 4.43. The van der Waals surface area contributed by atoms with Gasteiger partial charge < -0.3 is 14.8 Å². The SMILES string of the molecule is C[C@@H](NC(=O)C1CC1COc1ccccc1)c1ccc(OCC(F)(F)F)cn1. The molecule has 1 fully saturated rings. The van der Waals surface area contributed by atoms with Crippen LogP contribution in [0, 0.1) is 11.8 Å². The average Bonchev–Trinajstić information content (AvgIpc) is 3.45. The van der Waals surface area contributed by atoms with Crippen LogP contribution in [0.5, 0.6) is 11.5 Å².